The van der Waals surface area contributed by atoms with Crippen molar-refractivity contribution in [3.05, 3.63) is 101 Å². The largest absolute Gasteiger partial charge is 0.480 e. The summed E-state index contributed by atoms with van der Waals surface area (Å²) in [6, 6.07) is 7.52. The highest BCUT2D eigenvalue weighted by Gasteiger charge is 2.39. The van der Waals surface area contributed by atoms with Gasteiger partial charge in [-0.15, -0.1) is 0 Å². The topological polar surface area (TPSA) is 79.3 Å². The molecular weight excluding hydrogens is 552 g/mol. The van der Waals surface area contributed by atoms with Gasteiger partial charge in [-0.3, -0.25) is 9.78 Å². The first kappa shape index (κ1) is 28.5. The second kappa shape index (κ2) is 10.5. The molecule has 40 heavy (non-hydrogen) atoms. The smallest absolute Gasteiger partial charge is 0.417 e. The standard InChI is InChI=1S/C27H16F8N2O3/c28-19-5-2-6-20(29)22(19)24(38)37-21(25(39)40)11-13-3-1-4-16-15(13)9-10-36-23(16)17-8-7-14(26(30,31)32)12-18(17)27(33,34)35/h1-10,12,21H,11H2,(H,37,38)(H,39,40)/t21-/m0/s1. The molecule has 2 N–H and O–H groups in total. The number of aliphatic carboxylic acids is 1. The van der Waals surface area contributed by atoms with E-state index in [1.54, 1.807) is 0 Å². The third-order valence-electron chi connectivity index (χ3n) is 6.02. The predicted molar refractivity (Wildman–Crippen MR) is 126 cm³/mol. The number of nitrogens with zero attached hydrogens (tertiary/aromatic N) is 1. The minimum absolute atomic E-state index is 0.0163. The Balaban J connectivity index is 1.77. The Morgan fingerprint density at radius 3 is 2.10 bits per heavy atom. The highest BCUT2D eigenvalue weighted by atomic mass is 19.4. The summed E-state index contributed by atoms with van der Waals surface area (Å²) < 4.78 is 109. The van der Waals surface area contributed by atoms with Gasteiger partial charge in [0.15, 0.2) is 0 Å². The lowest BCUT2D eigenvalue weighted by atomic mass is 9.93. The monoisotopic (exact) mass is 568 g/mol. The quantitative estimate of drug-likeness (QED) is 0.256. The molecule has 0 radical (unpaired) electrons. The van der Waals surface area contributed by atoms with Gasteiger partial charge in [-0.05, 0) is 41.3 Å². The zero-order valence-electron chi connectivity index (χ0n) is 19.9. The number of hydrogen-bond acceptors (Lipinski definition) is 3. The van der Waals surface area contributed by atoms with Gasteiger partial charge in [0.2, 0.25) is 0 Å². The second-order valence-electron chi connectivity index (χ2n) is 8.59. The van der Waals surface area contributed by atoms with E-state index in [1.165, 1.54) is 24.3 Å². The number of carbonyl (C=O) groups is 2. The summed E-state index contributed by atoms with van der Waals surface area (Å²) in [5.41, 5.74) is -4.83. The van der Waals surface area contributed by atoms with Gasteiger partial charge >= 0.3 is 18.3 Å². The molecule has 4 aromatic rings. The highest BCUT2D eigenvalue weighted by molar-refractivity contribution is 5.99. The zero-order valence-corrected chi connectivity index (χ0v) is 19.9. The number of rotatable bonds is 6. The molecule has 0 aliphatic heterocycles. The van der Waals surface area contributed by atoms with Crippen molar-refractivity contribution in [1.82, 2.24) is 10.3 Å². The number of carboxylic acids is 1. The number of aromatic nitrogens is 1. The van der Waals surface area contributed by atoms with Gasteiger partial charge in [-0.25, -0.2) is 13.6 Å². The van der Waals surface area contributed by atoms with E-state index in [4.69, 9.17) is 0 Å². The number of nitrogens with one attached hydrogen (secondary N) is 1. The summed E-state index contributed by atoms with van der Waals surface area (Å²) >= 11 is 0. The molecule has 3 aromatic carbocycles. The lowest BCUT2D eigenvalue weighted by Gasteiger charge is -2.18. The van der Waals surface area contributed by atoms with Crippen LogP contribution >= 0.6 is 0 Å². The van der Waals surface area contributed by atoms with E-state index < -0.39 is 70.6 Å². The van der Waals surface area contributed by atoms with Crippen molar-refractivity contribution >= 4 is 22.6 Å². The Hall–Kier alpha value is -4.55. The van der Waals surface area contributed by atoms with Crippen LogP contribution in [0.2, 0.25) is 0 Å². The normalized spacial score (nSPS) is 12.8. The lowest BCUT2D eigenvalue weighted by Crippen LogP contribution is -2.43. The summed E-state index contributed by atoms with van der Waals surface area (Å²) in [5.74, 6) is -5.36. The van der Waals surface area contributed by atoms with Crippen molar-refractivity contribution in [3.63, 3.8) is 0 Å². The van der Waals surface area contributed by atoms with Gasteiger partial charge in [0.1, 0.15) is 23.2 Å². The van der Waals surface area contributed by atoms with E-state index in [0.717, 1.165) is 24.4 Å². The molecule has 0 spiro atoms. The molecular formula is C27H16F8N2O3. The predicted octanol–water partition coefficient (Wildman–Crippen LogP) is 6.64. The van der Waals surface area contributed by atoms with E-state index in [0.29, 0.717) is 12.1 Å². The van der Waals surface area contributed by atoms with E-state index in [-0.39, 0.29) is 28.1 Å². The summed E-state index contributed by atoms with van der Waals surface area (Å²) in [6.07, 6.45) is -9.56. The zero-order chi connectivity index (χ0) is 29.4. The van der Waals surface area contributed by atoms with E-state index in [1.807, 2.05) is 5.32 Å². The Labute approximate surface area is 220 Å². The molecule has 1 heterocycles. The Morgan fingerprint density at radius 1 is 0.850 bits per heavy atom. The SMILES string of the molecule is O=C(N[C@@H](Cc1cccc2c(-c3ccc(C(F)(F)F)cc3C(F)(F)F)nccc12)C(=O)O)c1c(F)cccc1F. The molecule has 5 nitrogen and oxygen atoms in total. The summed E-state index contributed by atoms with van der Waals surface area (Å²) in [6.45, 7) is 0. The number of carbonyl (C=O) groups excluding carboxylic acids is 1. The first-order valence-corrected chi connectivity index (χ1v) is 11.3. The molecule has 13 heteroatoms. The summed E-state index contributed by atoms with van der Waals surface area (Å²) in [7, 11) is 0. The van der Waals surface area contributed by atoms with E-state index in [2.05, 4.69) is 4.98 Å². The van der Waals surface area contributed by atoms with Gasteiger partial charge in [-0.1, -0.05) is 30.3 Å². The van der Waals surface area contributed by atoms with Crippen molar-refractivity contribution in [2.45, 2.75) is 24.8 Å². The third kappa shape index (κ3) is 5.72. The van der Waals surface area contributed by atoms with Crippen LogP contribution in [0.15, 0.2) is 66.9 Å². The van der Waals surface area contributed by atoms with E-state index in [9.17, 15) is 49.8 Å². The molecule has 0 unspecified atom stereocenters. The maximum absolute atomic E-state index is 14.0. The van der Waals surface area contributed by atoms with Crippen LogP contribution in [0.25, 0.3) is 22.0 Å². The van der Waals surface area contributed by atoms with Crippen LogP contribution < -0.4 is 5.32 Å². The van der Waals surface area contributed by atoms with E-state index >= 15 is 0 Å². The maximum atomic E-state index is 14.0. The van der Waals surface area contributed by atoms with Crippen LogP contribution in [0.3, 0.4) is 0 Å². The maximum Gasteiger partial charge on any atom is 0.417 e. The molecule has 1 atom stereocenters. The number of hydrogen-bond donors (Lipinski definition) is 2. The number of alkyl halides is 6. The van der Waals surface area contributed by atoms with Crippen LogP contribution in [-0.4, -0.2) is 28.0 Å². The number of benzene rings is 3. The molecule has 0 aliphatic rings. The minimum atomic E-state index is -5.17. The Bertz CT molecular complexity index is 1600. The van der Waals surface area contributed by atoms with Crippen molar-refractivity contribution in [1.29, 1.82) is 0 Å². The third-order valence-corrected chi connectivity index (χ3v) is 6.02. The van der Waals surface area contributed by atoms with Crippen molar-refractivity contribution in [2.24, 2.45) is 0 Å². The summed E-state index contributed by atoms with van der Waals surface area (Å²) in [5, 5.41) is 11.9. The van der Waals surface area contributed by atoms with Crippen LogP contribution in [0.1, 0.15) is 27.0 Å². The first-order valence-electron chi connectivity index (χ1n) is 11.3. The number of pyridine rings is 1. The average molecular weight is 568 g/mol. The molecule has 1 aromatic heterocycles. The van der Waals surface area contributed by atoms with Gasteiger partial charge in [0.05, 0.1) is 16.8 Å². The van der Waals surface area contributed by atoms with Crippen molar-refractivity contribution in [2.75, 3.05) is 0 Å². The van der Waals surface area contributed by atoms with Crippen molar-refractivity contribution < 1.29 is 49.8 Å². The Morgan fingerprint density at radius 2 is 1.50 bits per heavy atom. The van der Waals surface area contributed by atoms with Crippen LogP contribution in [-0.2, 0) is 23.6 Å². The van der Waals surface area contributed by atoms with Gasteiger partial charge in [-0.2, -0.15) is 26.3 Å². The fraction of sp³-hybridized carbons (Fsp3) is 0.148. The van der Waals surface area contributed by atoms with Crippen molar-refractivity contribution in [3.8, 4) is 11.3 Å². The molecule has 0 saturated heterocycles. The molecule has 0 bridgehead atoms. The summed E-state index contributed by atoms with van der Waals surface area (Å²) in [4.78, 5) is 28.3. The number of fused-ring (bicyclic) bond motifs is 1. The number of carboxylic acid groups (broad SMARTS) is 1. The van der Waals surface area contributed by atoms with Gasteiger partial charge in [0.25, 0.3) is 5.91 Å². The first-order chi connectivity index (χ1) is 18.7. The molecule has 0 fully saturated rings. The molecule has 1 amide bonds. The van der Waals surface area contributed by atoms with Crippen LogP contribution in [0.5, 0.6) is 0 Å². The van der Waals surface area contributed by atoms with Crippen LogP contribution in [0, 0.1) is 11.6 Å². The van der Waals surface area contributed by atoms with Gasteiger partial charge in [0, 0.05) is 23.6 Å². The van der Waals surface area contributed by atoms with Gasteiger partial charge < -0.3 is 10.4 Å². The van der Waals surface area contributed by atoms with Crippen LogP contribution in [0.4, 0.5) is 35.1 Å². The molecule has 208 valence electrons. The molecule has 4 rings (SSSR count). The number of halogens is 8. The highest BCUT2D eigenvalue weighted by Crippen LogP contribution is 2.42. The second-order valence-corrected chi connectivity index (χ2v) is 8.59. The minimum Gasteiger partial charge on any atom is -0.480 e. The average Bonchev–Trinajstić information content (AvgIpc) is 2.86. The Kier molecular flexibility index (Phi) is 7.50. The number of amides is 1. The lowest BCUT2D eigenvalue weighted by molar-refractivity contribution is -0.143. The fourth-order valence-electron chi connectivity index (χ4n) is 4.19. The molecule has 0 aliphatic carbocycles. The molecule has 0 saturated carbocycles. The fourth-order valence-corrected chi connectivity index (χ4v) is 4.19.